The molecule has 0 spiro atoms. The van der Waals surface area contributed by atoms with Gasteiger partial charge in [-0.05, 0) is 30.7 Å². The van der Waals surface area contributed by atoms with Crippen LogP contribution in [0.25, 0.3) is 17.3 Å². The molecule has 0 saturated carbocycles. The first kappa shape index (κ1) is 19.2. The Balaban J connectivity index is 1.68. The number of benzene rings is 1. The minimum Gasteiger partial charge on any atom is -0.461 e. The molecule has 1 amide bonds. The van der Waals surface area contributed by atoms with Crippen molar-refractivity contribution in [3.63, 3.8) is 0 Å². The average molecular weight is 385 g/mol. The number of nitrogens with zero attached hydrogens (tertiary/aromatic N) is 3. The first-order chi connectivity index (χ1) is 13.3. The summed E-state index contributed by atoms with van der Waals surface area (Å²) in [6, 6.07) is 13.5. The molecule has 0 unspecified atom stereocenters. The van der Waals surface area contributed by atoms with Gasteiger partial charge in [-0.3, -0.25) is 9.36 Å². The molecule has 2 heterocycles. The summed E-state index contributed by atoms with van der Waals surface area (Å²) in [5.74, 6) is 1.57. The summed E-state index contributed by atoms with van der Waals surface area (Å²) in [6.45, 7) is 2.90. The summed E-state index contributed by atoms with van der Waals surface area (Å²) in [5, 5.41) is 12.2. The average Bonchev–Trinajstić information content (AvgIpc) is 3.36. The maximum absolute atomic E-state index is 12.1. The summed E-state index contributed by atoms with van der Waals surface area (Å²) in [7, 11) is 0. The SMILES string of the molecule is CCCCCCNC(=O)CSc1nnc(-c2ccco2)n1-c1ccccc1. The van der Waals surface area contributed by atoms with Crippen molar-refractivity contribution in [3.8, 4) is 17.3 Å². The highest BCUT2D eigenvalue weighted by Gasteiger charge is 2.18. The molecule has 7 heteroatoms. The van der Waals surface area contributed by atoms with E-state index in [0.29, 0.717) is 22.5 Å². The molecule has 142 valence electrons. The molecule has 0 aliphatic carbocycles. The third-order valence-corrected chi connectivity index (χ3v) is 5.00. The first-order valence-electron chi connectivity index (χ1n) is 9.24. The molecule has 27 heavy (non-hydrogen) atoms. The minimum atomic E-state index is 0.0126. The van der Waals surface area contributed by atoms with Gasteiger partial charge in [0.05, 0.1) is 12.0 Å². The lowest BCUT2D eigenvalue weighted by molar-refractivity contribution is -0.118. The molecule has 0 aliphatic heterocycles. The van der Waals surface area contributed by atoms with E-state index in [1.165, 1.54) is 24.6 Å². The Bertz CT molecular complexity index is 831. The second kappa shape index (κ2) is 9.97. The van der Waals surface area contributed by atoms with Crippen molar-refractivity contribution in [2.24, 2.45) is 0 Å². The van der Waals surface area contributed by atoms with Gasteiger partial charge in [0.1, 0.15) is 0 Å². The summed E-state index contributed by atoms with van der Waals surface area (Å²) in [5.41, 5.74) is 0.927. The van der Waals surface area contributed by atoms with Crippen LogP contribution in [0.3, 0.4) is 0 Å². The van der Waals surface area contributed by atoms with Crippen LogP contribution in [0.15, 0.2) is 58.3 Å². The number of rotatable bonds is 10. The monoisotopic (exact) mass is 384 g/mol. The fourth-order valence-electron chi connectivity index (χ4n) is 2.70. The zero-order valence-electron chi connectivity index (χ0n) is 15.4. The summed E-state index contributed by atoms with van der Waals surface area (Å²) in [4.78, 5) is 12.1. The Morgan fingerprint density at radius 2 is 1.96 bits per heavy atom. The number of hydrogen-bond acceptors (Lipinski definition) is 5. The fraction of sp³-hybridized carbons (Fsp3) is 0.350. The summed E-state index contributed by atoms with van der Waals surface area (Å²) >= 11 is 1.37. The van der Waals surface area contributed by atoms with Crippen LogP contribution in [0.2, 0.25) is 0 Å². The molecule has 0 radical (unpaired) electrons. The first-order valence-corrected chi connectivity index (χ1v) is 10.2. The molecule has 1 N–H and O–H groups in total. The van der Waals surface area contributed by atoms with Crippen LogP contribution in [-0.2, 0) is 4.79 Å². The van der Waals surface area contributed by atoms with Crippen LogP contribution in [0, 0.1) is 0 Å². The van der Waals surface area contributed by atoms with Gasteiger partial charge in [0.25, 0.3) is 0 Å². The highest BCUT2D eigenvalue weighted by Crippen LogP contribution is 2.27. The van der Waals surface area contributed by atoms with Crippen molar-refractivity contribution in [2.45, 2.75) is 37.8 Å². The van der Waals surface area contributed by atoms with Crippen LogP contribution in [0.4, 0.5) is 0 Å². The van der Waals surface area contributed by atoms with Crippen molar-refractivity contribution < 1.29 is 9.21 Å². The van der Waals surface area contributed by atoms with E-state index in [1.54, 1.807) is 6.26 Å². The van der Waals surface area contributed by atoms with E-state index in [4.69, 9.17) is 4.42 Å². The van der Waals surface area contributed by atoms with E-state index in [-0.39, 0.29) is 5.91 Å². The van der Waals surface area contributed by atoms with Gasteiger partial charge < -0.3 is 9.73 Å². The standard InChI is InChI=1S/C20H24N4O2S/c1-2-3-4-8-13-21-18(25)15-27-20-23-22-19(17-12-9-14-26-17)24(20)16-10-6-5-7-11-16/h5-7,9-12,14H,2-4,8,13,15H2,1H3,(H,21,25). The zero-order valence-corrected chi connectivity index (χ0v) is 16.2. The van der Waals surface area contributed by atoms with E-state index in [0.717, 1.165) is 25.1 Å². The van der Waals surface area contributed by atoms with Crippen molar-refractivity contribution in [3.05, 3.63) is 48.7 Å². The Labute approximate surface area is 163 Å². The Morgan fingerprint density at radius 1 is 1.11 bits per heavy atom. The number of amides is 1. The highest BCUT2D eigenvalue weighted by molar-refractivity contribution is 7.99. The number of furan rings is 1. The van der Waals surface area contributed by atoms with Crippen LogP contribution in [0.5, 0.6) is 0 Å². The van der Waals surface area contributed by atoms with Crippen LogP contribution in [0.1, 0.15) is 32.6 Å². The smallest absolute Gasteiger partial charge is 0.230 e. The molecule has 0 atom stereocenters. The van der Waals surface area contributed by atoms with Gasteiger partial charge in [0, 0.05) is 12.2 Å². The number of para-hydroxylation sites is 1. The van der Waals surface area contributed by atoms with Gasteiger partial charge >= 0.3 is 0 Å². The van der Waals surface area contributed by atoms with Crippen LogP contribution >= 0.6 is 11.8 Å². The Kier molecular flexibility index (Phi) is 7.10. The number of carbonyl (C=O) groups is 1. The molecule has 3 aromatic rings. The van der Waals surface area contributed by atoms with Gasteiger partial charge in [-0.1, -0.05) is 56.1 Å². The maximum Gasteiger partial charge on any atom is 0.230 e. The van der Waals surface area contributed by atoms with E-state index in [9.17, 15) is 4.79 Å². The topological polar surface area (TPSA) is 73.0 Å². The maximum atomic E-state index is 12.1. The van der Waals surface area contributed by atoms with Crippen molar-refractivity contribution in [1.82, 2.24) is 20.1 Å². The molecule has 0 bridgehead atoms. The highest BCUT2D eigenvalue weighted by atomic mass is 32.2. The normalized spacial score (nSPS) is 10.9. The summed E-state index contributed by atoms with van der Waals surface area (Å²) < 4.78 is 7.41. The van der Waals surface area contributed by atoms with Crippen molar-refractivity contribution in [1.29, 1.82) is 0 Å². The lowest BCUT2D eigenvalue weighted by Gasteiger charge is -2.09. The predicted octanol–water partition coefficient (Wildman–Crippen LogP) is 4.32. The molecule has 0 saturated heterocycles. The number of thioether (sulfide) groups is 1. The molecule has 0 aliphatic rings. The fourth-order valence-corrected chi connectivity index (χ4v) is 3.48. The summed E-state index contributed by atoms with van der Waals surface area (Å²) in [6.07, 6.45) is 6.18. The van der Waals surface area contributed by atoms with Gasteiger partial charge in [0.2, 0.25) is 11.7 Å². The lowest BCUT2D eigenvalue weighted by Crippen LogP contribution is -2.26. The molecular formula is C20H24N4O2S. The lowest BCUT2D eigenvalue weighted by atomic mass is 10.2. The molecule has 6 nitrogen and oxygen atoms in total. The Morgan fingerprint density at radius 3 is 2.70 bits per heavy atom. The number of aromatic nitrogens is 3. The van der Waals surface area contributed by atoms with Crippen LogP contribution in [-0.4, -0.2) is 33.0 Å². The molecule has 2 aromatic heterocycles. The van der Waals surface area contributed by atoms with E-state index < -0.39 is 0 Å². The zero-order chi connectivity index (χ0) is 18.9. The predicted molar refractivity (Wildman–Crippen MR) is 107 cm³/mol. The van der Waals surface area contributed by atoms with Crippen molar-refractivity contribution >= 4 is 17.7 Å². The largest absolute Gasteiger partial charge is 0.461 e. The number of hydrogen-bond donors (Lipinski definition) is 1. The van der Waals surface area contributed by atoms with Gasteiger partial charge in [0.15, 0.2) is 10.9 Å². The van der Waals surface area contributed by atoms with E-state index in [1.807, 2.05) is 47.0 Å². The quantitative estimate of drug-likeness (QED) is 0.416. The number of carbonyl (C=O) groups excluding carboxylic acids is 1. The molecule has 1 aromatic carbocycles. The van der Waals surface area contributed by atoms with Crippen LogP contribution < -0.4 is 5.32 Å². The van der Waals surface area contributed by atoms with E-state index >= 15 is 0 Å². The second-order valence-electron chi connectivity index (χ2n) is 6.15. The molecular weight excluding hydrogens is 360 g/mol. The third-order valence-electron chi connectivity index (χ3n) is 4.07. The van der Waals surface area contributed by atoms with Crippen molar-refractivity contribution in [2.75, 3.05) is 12.3 Å². The second-order valence-corrected chi connectivity index (χ2v) is 7.10. The minimum absolute atomic E-state index is 0.0126. The van der Waals surface area contributed by atoms with E-state index in [2.05, 4.69) is 22.4 Å². The number of unbranched alkanes of at least 4 members (excludes halogenated alkanes) is 3. The Hall–Kier alpha value is -2.54. The third kappa shape index (κ3) is 5.23. The van der Waals surface area contributed by atoms with Gasteiger partial charge in [-0.2, -0.15) is 0 Å². The van der Waals surface area contributed by atoms with Gasteiger partial charge in [-0.15, -0.1) is 10.2 Å². The molecule has 3 rings (SSSR count). The molecule has 0 fully saturated rings. The number of nitrogens with one attached hydrogen (secondary N) is 1. The van der Waals surface area contributed by atoms with Gasteiger partial charge in [-0.25, -0.2) is 0 Å².